The van der Waals surface area contributed by atoms with Crippen LogP contribution in [0.4, 0.5) is 0 Å². The average molecular weight is 569 g/mol. The van der Waals surface area contributed by atoms with Gasteiger partial charge in [0.1, 0.15) is 12.6 Å². The van der Waals surface area contributed by atoms with E-state index in [4.69, 9.17) is 16.3 Å². The van der Waals surface area contributed by atoms with Crippen molar-refractivity contribution in [3.63, 3.8) is 0 Å². The van der Waals surface area contributed by atoms with E-state index in [0.29, 0.717) is 39.5 Å². The highest BCUT2D eigenvalue weighted by Gasteiger charge is 2.25. The van der Waals surface area contributed by atoms with Gasteiger partial charge >= 0.3 is 11.7 Å². The van der Waals surface area contributed by atoms with Crippen LogP contribution in [0.2, 0.25) is 5.02 Å². The van der Waals surface area contributed by atoms with E-state index < -0.39 is 23.6 Å². The first-order valence-corrected chi connectivity index (χ1v) is 13.7. The molecule has 3 aromatic rings. The molecule has 2 aromatic carbocycles. The van der Waals surface area contributed by atoms with Crippen LogP contribution in [0.3, 0.4) is 0 Å². The topological polar surface area (TPSA) is 103 Å². The maximum absolute atomic E-state index is 13.2. The Morgan fingerprint density at radius 2 is 1.65 bits per heavy atom. The van der Waals surface area contributed by atoms with Gasteiger partial charge < -0.3 is 19.5 Å². The molecule has 1 N–H and O–H groups in total. The van der Waals surface area contributed by atoms with Crippen molar-refractivity contribution in [3.05, 3.63) is 90.7 Å². The molecule has 0 radical (unpaired) electrons. The Labute approximate surface area is 239 Å². The second kappa shape index (κ2) is 13.6. The molecule has 0 saturated heterocycles. The minimum atomic E-state index is -0.960. The molecule has 0 aliphatic carbocycles. The molecule has 0 fully saturated rings. The quantitative estimate of drug-likeness (QED) is 0.356. The van der Waals surface area contributed by atoms with Crippen molar-refractivity contribution in [1.29, 1.82) is 0 Å². The second-order valence-corrected chi connectivity index (χ2v) is 10.1. The molecule has 0 spiro atoms. The van der Waals surface area contributed by atoms with E-state index in [2.05, 4.69) is 10.2 Å². The number of ether oxygens (including phenoxy) is 1. The van der Waals surface area contributed by atoms with E-state index in [0.717, 1.165) is 23.2 Å². The van der Waals surface area contributed by atoms with Crippen molar-refractivity contribution in [2.75, 3.05) is 26.2 Å². The number of hydrogen-bond donors (Lipinski definition) is 1. The molecule has 1 amide bonds. The summed E-state index contributed by atoms with van der Waals surface area (Å²) in [7, 11) is 3.07. The standard InChI is InChI=1S/C30H37ClN4O5/c1-7-35(8-2)16-17-40-29(38)24(32-27(36)25-19(3)10-9-11-23(25)31)18-21-12-14-22(15-13-21)26-20(4)33(5)30(39)34(6)28(26)37/h9-15,24H,7-8,16-18H2,1-6H3,(H,32,36)/t24-/m0/s1. The average Bonchev–Trinajstić information content (AvgIpc) is 2.93. The number of nitrogens with one attached hydrogen (secondary N) is 1. The van der Waals surface area contributed by atoms with E-state index >= 15 is 0 Å². The third-order valence-electron chi connectivity index (χ3n) is 7.22. The predicted octanol–water partition coefficient (Wildman–Crippen LogP) is 3.25. The Morgan fingerprint density at radius 1 is 1.00 bits per heavy atom. The highest BCUT2D eigenvalue weighted by atomic mass is 35.5. The number of rotatable bonds is 11. The lowest BCUT2D eigenvalue weighted by molar-refractivity contribution is -0.146. The molecule has 0 aliphatic heterocycles. The van der Waals surface area contributed by atoms with Gasteiger partial charge in [0.05, 0.1) is 16.1 Å². The summed E-state index contributed by atoms with van der Waals surface area (Å²) in [5, 5.41) is 3.11. The number of esters is 1. The summed E-state index contributed by atoms with van der Waals surface area (Å²) in [6.07, 6.45) is 0.171. The molecule has 3 rings (SSSR count). The zero-order valence-corrected chi connectivity index (χ0v) is 24.7. The molecule has 0 aliphatic rings. The number of benzene rings is 2. The van der Waals surface area contributed by atoms with Gasteiger partial charge in [-0.15, -0.1) is 0 Å². The minimum absolute atomic E-state index is 0.171. The number of hydrogen-bond acceptors (Lipinski definition) is 6. The normalized spacial score (nSPS) is 11.9. The first-order valence-electron chi connectivity index (χ1n) is 13.3. The molecule has 1 aromatic heterocycles. The highest BCUT2D eigenvalue weighted by molar-refractivity contribution is 6.34. The number of amides is 1. The number of carbonyl (C=O) groups is 2. The highest BCUT2D eigenvalue weighted by Crippen LogP contribution is 2.21. The van der Waals surface area contributed by atoms with Gasteiger partial charge in [0.2, 0.25) is 0 Å². The molecule has 9 nitrogen and oxygen atoms in total. The summed E-state index contributed by atoms with van der Waals surface area (Å²) >= 11 is 6.30. The Kier molecular flexibility index (Phi) is 10.5. The fourth-order valence-electron chi connectivity index (χ4n) is 4.58. The summed E-state index contributed by atoms with van der Waals surface area (Å²) in [5.74, 6) is -1.01. The molecule has 214 valence electrons. The van der Waals surface area contributed by atoms with Crippen molar-refractivity contribution in [2.24, 2.45) is 14.1 Å². The lowest BCUT2D eigenvalue weighted by Crippen LogP contribution is -2.44. The van der Waals surface area contributed by atoms with Gasteiger partial charge in [0.25, 0.3) is 11.5 Å². The van der Waals surface area contributed by atoms with Crippen molar-refractivity contribution < 1.29 is 14.3 Å². The van der Waals surface area contributed by atoms with Gasteiger partial charge in [-0.1, -0.05) is 61.8 Å². The number of likely N-dealkylation sites (N-methyl/N-ethyl adjacent to an activating group) is 1. The van der Waals surface area contributed by atoms with Crippen molar-refractivity contribution in [1.82, 2.24) is 19.4 Å². The first-order chi connectivity index (χ1) is 19.0. The van der Waals surface area contributed by atoms with Gasteiger partial charge in [0, 0.05) is 32.8 Å². The smallest absolute Gasteiger partial charge is 0.330 e. The van der Waals surface area contributed by atoms with Gasteiger partial charge in [0.15, 0.2) is 0 Å². The molecule has 1 heterocycles. The van der Waals surface area contributed by atoms with Crippen LogP contribution in [0.1, 0.15) is 41.0 Å². The van der Waals surface area contributed by atoms with Crippen LogP contribution in [-0.2, 0) is 30.0 Å². The van der Waals surface area contributed by atoms with Crippen molar-refractivity contribution >= 4 is 23.5 Å². The van der Waals surface area contributed by atoms with Crippen LogP contribution >= 0.6 is 11.6 Å². The number of aromatic nitrogens is 2. The fourth-order valence-corrected chi connectivity index (χ4v) is 4.89. The monoisotopic (exact) mass is 568 g/mol. The van der Waals surface area contributed by atoms with Crippen LogP contribution in [0.15, 0.2) is 52.1 Å². The number of nitrogens with zero attached hydrogens (tertiary/aromatic N) is 3. The zero-order valence-electron chi connectivity index (χ0n) is 23.9. The summed E-state index contributed by atoms with van der Waals surface area (Å²) < 4.78 is 8.07. The second-order valence-electron chi connectivity index (χ2n) is 9.72. The van der Waals surface area contributed by atoms with Crippen LogP contribution in [-0.4, -0.2) is 58.2 Å². The third kappa shape index (κ3) is 6.89. The van der Waals surface area contributed by atoms with Crippen molar-refractivity contribution in [2.45, 2.75) is 40.2 Å². The largest absolute Gasteiger partial charge is 0.463 e. The maximum Gasteiger partial charge on any atom is 0.330 e. The molecule has 40 heavy (non-hydrogen) atoms. The van der Waals surface area contributed by atoms with Gasteiger partial charge in [-0.25, -0.2) is 9.59 Å². The van der Waals surface area contributed by atoms with Gasteiger partial charge in [-0.2, -0.15) is 0 Å². The number of carbonyl (C=O) groups excluding carboxylic acids is 2. The number of aryl methyl sites for hydroxylation is 1. The van der Waals surface area contributed by atoms with Crippen LogP contribution in [0, 0.1) is 13.8 Å². The van der Waals surface area contributed by atoms with E-state index in [1.807, 2.05) is 13.8 Å². The molecule has 0 unspecified atom stereocenters. The third-order valence-corrected chi connectivity index (χ3v) is 7.54. The SMILES string of the molecule is CCN(CC)CCOC(=O)[C@H](Cc1ccc(-c2c(C)n(C)c(=O)n(C)c2=O)cc1)NC(=O)c1c(C)cccc1Cl. The summed E-state index contributed by atoms with van der Waals surface area (Å²) in [4.78, 5) is 53.6. The van der Waals surface area contributed by atoms with Gasteiger partial charge in [-0.05, 0) is 49.7 Å². The van der Waals surface area contributed by atoms with Crippen LogP contribution in [0.5, 0.6) is 0 Å². The first kappa shape index (κ1) is 30.8. The Bertz CT molecular complexity index is 1470. The van der Waals surface area contributed by atoms with E-state index in [9.17, 15) is 19.2 Å². The van der Waals surface area contributed by atoms with Crippen LogP contribution < -0.4 is 16.6 Å². The molecular weight excluding hydrogens is 532 g/mol. The minimum Gasteiger partial charge on any atom is -0.463 e. The van der Waals surface area contributed by atoms with E-state index in [1.54, 1.807) is 63.4 Å². The van der Waals surface area contributed by atoms with E-state index in [1.165, 1.54) is 11.6 Å². The molecular formula is C30H37ClN4O5. The zero-order chi connectivity index (χ0) is 29.6. The Hall–Kier alpha value is -3.69. The lowest BCUT2D eigenvalue weighted by atomic mass is 10.00. The molecule has 0 saturated carbocycles. The number of halogens is 1. The summed E-state index contributed by atoms with van der Waals surface area (Å²) in [6.45, 7) is 10.0. The van der Waals surface area contributed by atoms with Crippen LogP contribution in [0.25, 0.3) is 11.1 Å². The lowest BCUT2D eigenvalue weighted by Gasteiger charge is -2.21. The maximum atomic E-state index is 13.2. The molecule has 1 atom stereocenters. The molecule has 10 heteroatoms. The summed E-state index contributed by atoms with van der Waals surface area (Å²) in [6, 6.07) is 11.3. The van der Waals surface area contributed by atoms with Gasteiger partial charge in [-0.3, -0.25) is 14.2 Å². The Balaban J connectivity index is 1.87. The van der Waals surface area contributed by atoms with E-state index in [-0.39, 0.29) is 18.6 Å². The predicted molar refractivity (Wildman–Crippen MR) is 157 cm³/mol. The fraction of sp³-hybridized carbons (Fsp3) is 0.400. The summed E-state index contributed by atoms with van der Waals surface area (Å²) in [5.41, 5.74) is 2.60. The Morgan fingerprint density at radius 3 is 2.25 bits per heavy atom. The van der Waals surface area contributed by atoms with Crippen molar-refractivity contribution in [3.8, 4) is 11.1 Å². The molecule has 0 bridgehead atoms.